The van der Waals surface area contributed by atoms with Crippen molar-refractivity contribution in [2.75, 3.05) is 33.5 Å². The number of aliphatic hydroxyl groups is 1. The first kappa shape index (κ1) is 28.3. The third kappa shape index (κ3) is 6.34. The van der Waals surface area contributed by atoms with Gasteiger partial charge < -0.3 is 24.2 Å². The average Bonchev–Trinajstić information content (AvgIpc) is 3.10. The fourth-order valence-corrected chi connectivity index (χ4v) is 4.38. The van der Waals surface area contributed by atoms with Crippen molar-refractivity contribution in [1.82, 2.24) is 4.90 Å². The second-order valence-electron chi connectivity index (χ2n) is 10.7. The fourth-order valence-electron chi connectivity index (χ4n) is 4.38. The van der Waals surface area contributed by atoms with Gasteiger partial charge in [-0.2, -0.15) is 0 Å². The molecule has 0 radical (unpaired) electrons. The van der Waals surface area contributed by atoms with Gasteiger partial charge in [0.2, 0.25) is 0 Å². The Morgan fingerprint density at radius 1 is 1.08 bits per heavy atom. The van der Waals surface area contributed by atoms with Gasteiger partial charge in [-0.05, 0) is 54.2 Å². The van der Waals surface area contributed by atoms with Crippen LogP contribution in [0.3, 0.4) is 0 Å². The van der Waals surface area contributed by atoms with E-state index in [1.807, 2.05) is 37.3 Å². The van der Waals surface area contributed by atoms with Crippen LogP contribution in [0.2, 0.25) is 0 Å². The highest BCUT2D eigenvalue weighted by Gasteiger charge is 2.46. The van der Waals surface area contributed by atoms with E-state index in [0.717, 1.165) is 11.3 Å². The molecule has 1 atom stereocenters. The second kappa shape index (κ2) is 11.8. The maximum Gasteiger partial charge on any atom is 0.295 e. The van der Waals surface area contributed by atoms with Crippen molar-refractivity contribution >= 4 is 17.4 Å². The molecule has 37 heavy (non-hydrogen) atoms. The number of Topliss-reactive ketones (excluding diaryl/α,β-unsaturated/α-hetero) is 1. The summed E-state index contributed by atoms with van der Waals surface area (Å²) < 4.78 is 16.9. The van der Waals surface area contributed by atoms with Crippen LogP contribution in [0.25, 0.3) is 5.76 Å². The summed E-state index contributed by atoms with van der Waals surface area (Å²) in [6.07, 6.45) is 0. The Morgan fingerprint density at radius 3 is 2.43 bits per heavy atom. The van der Waals surface area contributed by atoms with Gasteiger partial charge in [-0.1, -0.05) is 46.8 Å². The maximum absolute atomic E-state index is 13.3. The van der Waals surface area contributed by atoms with E-state index in [-0.39, 0.29) is 29.9 Å². The van der Waals surface area contributed by atoms with E-state index in [4.69, 9.17) is 14.2 Å². The lowest BCUT2D eigenvalue weighted by Gasteiger charge is -2.26. The van der Waals surface area contributed by atoms with Crippen LogP contribution in [-0.4, -0.2) is 55.2 Å². The number of carbonyl (C=O) groups is 2. The highest BCUT2D eigenvalue weighted by molar-refractivity contribution is 6.46. The molecule has 1 amide bonds. The molecule has 7 nitrogen and oxygen atoms in total. The average molecular weight is 510 g/mol. The van der Waals surface area contributed by atoms with Crippen LogP contribution >= 0.6 is 0 Å². The zero-order valence-corrected chi connectivity index (χ0v) is 23.0. The molecular weight excluding hydrogens is 470 g/mol. The summed E-state index contributed by atoms with van der Waals surface area (Å²) in [5, 5.41) is 11.5. The van der Waals surface area contributed by atoms with Crippen molar-refractivity contribution in [3.8, 4) is 11.5 Å². The van der Waals surface area contributed by atoms with E-state index in [1.54, 1.807) is 19.2 Å². The summed E-state index contributed by atoms with van der Waals surface area (Å²) >= 11 is 0. The molecule has 7 heteroatoms. The molecule has 1 saturated heterocycles. The molecule has 1 N–H and O–H groups in total. The van der Waals surface area contributed by atoms with E-state index >= 15 is 0 Å². The molecule has 0 spiro atoms. The number of aliphatic hydroxyl groups excluding tert-OH is 1. The molecular formula is C30H39NO6. The Morgan fingerprint density at radius 2 is 1.81 bits per heavy atom. The first-order valence-electron chi connectivity index (χ1n) is 12.8. The summed E-state index contributed by atoms with van der Waals surface area (Å²) in [5.74, 6) is 0.0913. The molecule has 3 rings (SSSR count). The van der Waals surface area contributed by atoms with Crippen molar-refractivity contribution in [2.24, 2.45) is 5.92 Å². The van der Waals surface area contributed by atoms with Gasteiger partial charge in [0.05, 0.1) is 31.4 Å². The summed E-state index contributed by atoms with van der Waals surface area (Å²) in [5.41, 5.74) is 1.81. The minimum atomic E-state index is -0.776. The quantitative estimate of drug-likeness (QED) is 0.259. The fraction of sp³-hybridized carbons (Fsp3) is 0.467. The highest BCUT2D eigenvalue weighted by atomic mass is 16.5. The minimum Gasteiger partial charge on any atom is -0.507 e. The van der Waals surface area contributed by atoms with Crippen molar-refractivity contribution in [3.05, 3.63) is 64.7 Å². The van der Waals surface area contributed by atoms with Crippen LogP contribution in [0.4, 0.5) is 0 Å². The molecule has 0 bridgehead atoms. The number of ether oxygens (including phenoxy) is 3. The molecule has 0 aliphatic carbocycles. The summed E-state index contributed by atoms with van der Waals surface area (Å²) in [4.78, 5) is 27.9. The van der Waals surface area contributed by atoms with Crippen molar-refractivity contribution in [1.29, 1.82) is 0 Å². The summed E-state index contributed by atoms with van der Waals surface area (Å²) in [6.45, 7) is 13.7. The van der Waals surface area contributed by atoms with Gasteiger partial charge in [-0.15, -0.1) is 0 Å². The van der Waals surface area contributed by atoms with E-state index in [9.17, 15) is 14.7 Å². The molecule has 0 saturated carbocycles. The lowest BCUT2D eigenvalue weighted by molar-refractivity contribution is -0.140. The predicted molar refractivity (Wildman–Crippen MR) is 144 cm³/mol. The Bertz CT molecular complexity index is 1160. The minimum absolute atomic E-state index is 0.0473. The van der Waals surface area contributed by atoms with Crippen molar-refractivity contribution in [2.45, 2.75) is 53.0 Å². The zero-order chi connectivity index (χ0) is 27.3. The molecule has 1 unspecified atom stereocenters. The topological polar surface area (TPSA) is 85.3 Å². The molecule has 0 aromatic heterocycles. The Kier molecular flexibility index (Phi) is 9.02. The Hall–Kier alpha value is -3.32. The third-order valence-corrected chi connectivity index (χ3v) is 6.19. The van der Waals surface area contributed by atoms with Gasteiger partial charge in [-0.3, -0.25) is 9.59 Å². The van der Waals surface area contributed by atoms with Gasteiger partial charge >= 0.3 is 0 Å². The summed E-state index contributed by atoms with van der Waals surface area (Å²) in [7, 11) is 1.54. The number of methoxy groups -OCH3 is 1. The molecule has 1 aliphatic rings. The van der Waals surface area contributed by atoms with Crippen LogP contribution in [-0.2, 0) is 19.7 Å². The Labute approximate surface area is 220 Å². The molecule has 200 valence electrons. The van der Waals surface area contributed by atoms with Crippen molar-refractivity contribution in [3.63, 3.8) is 0 Å². The van der Waals surface area contributed by atoms with Gasteiger partial charge in [-0.25, -0.2) is 0 Å². The number of likely N-dealkylation sites (tertiary alicyclic amines) is 1. The van der Waals surface area contributed by atoms with Crippen LogP contribution in [0.15, 0.2) is 48.0 Å². The van der Waals surface area contributed by atoms with Gasteiger partial charge in [0.1, 0.15) is 17.3 Å². The summed E-state index contributed by atoms with van der Waals surface area (Å²) in [6, 6.07) is 11.9. The lowest BCUT2D eigenvalue weighted by Crippen LogP contribution is -2.32. The number of hydrogen-bond donors (Lipinski definition) is 1. The number of nitrogens with zero attached hydrogens (tertiary/aromatic N) is 1. The SMILES string of the molecule is CCOc1ccc(/C(O)=C2\C(=O)C(=O)N(CCOC)C2c2cccc(OCC(C)C)c2)cc1C(C)(C)C. The van der Waals surface area contributed by atoms with Crippen LogP contribution < -0.4 is 9.47 Å². The number of hydrogen-bond acceptors (Lipinski definition) is 6. The number of ketones is 1. The van der Waals surface area contributed by atoms with Crippen LogP contribution in [0.5, 0.6) is 11.5 Å². The zero-order valence-electron chi connectivity index (χ0n) is 23.0. The second-order valence-corrected chi connectivity index (χ2v) is 10.7. The standard InChI is InChI=1S/C30H39NO6/c1-8-36-24-13-12-21(17-23(24)30(4,5)6)27(32)25-26(31(14-15-35-7)29(34)28(25)33)20-10-9-11-22(16-20)37-18-19(2)3/h9-13,16-17,19,26,32H,8,14-15,18H2,1-7H3/b27-25+. The molecule has 1 aliphatic heterocycles. The van der Waals surface area contributed by atoms with E-state index in [0.29, 0.717) is 36.0 Å². The smallest absolute Gasteiger partial charge is 0.295 e. The predicted octanol–water partition coefficient (Wildman–Crippen LogP) is 5.49. The first-order valence-corrected chi connectivity index (χ1v) is 12.8. The van der Waals surface area contributed by atoms with Crippen molar-refractivity contribution < 1.29 is 28.9 Å². The van der Waals surface area contributed by atoms with E-state index in [2.05, 4.69) is 34.6 Å². The first-order chi connectivity index (χ1) is 17.5. The Balaban J connectivity index is 2.17. The lowest BCUT2D eigenvalue weighted by atomic mass is 9.84. The highest BCUT2D eigenvalue weighted by Crippen LogP contribution is 2.41. The molecule has 2 aromatic rings. The van der Waals surface area contributed by atoms with Gasteiger partial charge in [0.15, 0.2) is 0 Å². The van der Waals surface area contributed by atoms with Gasteiger partial charge in [0, 0.05) is 24.8 Å². The van der Waals surface area contributed by atoms with Crippen LogP contribution in [0.1, 0.15) is 64.3 Å². The largest absolute Gasteiger partial charge is 0.507 e. The molecule has 1 heterocycles. The molecule has 1 fully saturated rings. The maximum atomic E-state index is 13.3. The normalized spacial score (nSPS) is 17.5. The molecule has 2 aromatic carbocycles. The van der Waals surface area contributed by atoms with Gasteiger partial charge in [0.25, 0.3) is 11.7 Å². The number of amides is 1. The monoisotopic (exact) mass is 509 g/mol. The number of benzene rings is 2. The van der Waals surface area contributed by atoms with E-state index < -0.39 is 17.7 Å². The van der Waals surface area contributed by atoms with E-state index in [1.165, 1.54) is 4.90 Å². The number of rotatable bonds is 10. The number of carbonyl (C=O) groups excluding carboxylic acids is 2. The third-order valence-electron chi connectivity index (χ3n) is 6.19. The van der Waals surface area contributed by atoms with Crippen LogP contribution in [0, 0.1) is 5.92 Å².